The van der Waals surface area contributed by atoms with Crippen LogP contribution in [0, 0.1) is 11.3 Å². The van der Waals surface area contributed by atoms with E-state index in [-0.39, 0.29) is 24.1 Å². The molecule has 0 radical (unpaired) electrons. The van der Waals surface area contributed by atoms with E-state index >= 15 is 0 Å². The second kappa shape index (κ2) is 8.03. The number of amides is 1. The minimum absolute atomic E-state index is 0.110. The fourth-order valence-corrected chi connectivity index (χ4v) is 2.72. The third kappa shape index (κ3) is 4.34. The van der Waals surface area contributed by atoms with Crippen molar-refractivity contribution < 1.29 is 14.4 Å². The number of carbonyl (C=O) groups is 1. The Morgan fingerprint density at radius 1 is 1.44 bits per heavy atom. The van der Waals surface area contributed by atoms with E-state index in [9.17, 15) is 4.79 Å². The lowest BCUT2D eigenvalue weighted by atomic mass is 10.1. The van der Waals surface area contributed by atoms with Crippen molar-refractivity contribution in [3.05, 3.63) is 58.6 Å². The van der Waals surface area contributed by atoms with Crippen LogP contribution < -0.4 is 5.32 Å². The highest BCUT2D eigenvalue weighted by Gasteiger charge is 2.15. The standard InChI is InChI=1S/C18H16ClN5O3/c1-11(21-18(26)17-7-14(10-25)27-23-17)9-24-5-4-16(22-24)12-2-3-13(8-20)15(19)6-12/h2-7,11,25H,9-10H2,1H3,(H,21,26). The fourth-order valence-electron chi connectivity index (χ4n) is 2.50. The summed E-state index contributed by atoms with van der Waals surface area (Å²) in [5.41, 5.74) is 2.03. The number of aliphatic hydroxyl groups is 1. The largest absolute Gasteiger partial charge is 0.388 e. The first-order chi connectivity index (χ1) is 13.0. The Labute approximate surface area is 160 Å². The summed E-state index contributed by atoms with van der Waals surface area (Å²) in [6.07, 6.45) is 1.80. The Kier molecular flexibility index (Phi) is 5.54. The molecule has 0 aliphatic heterocycles. The number of aliphatic hydroxyl groups excluding tert-OH is 1. The van der Waals surface area contributed by atoms with Gasteiger partial charge in [-0.15, -0.1) is 0 Å². The predicted molar refractivity (Wildman–Crippen MR) is 96.7 cm³/mol. The third-order valence-electron chi connectivity index (χ3n) is 3.81. The van der Waals surface area contributed by atoms with Crippen LogP contribution >= 0.6 is 11.6 Å². The zero-order valence-electron chi connectivity index (χ0n) is 14.4. The minimum atomic E-state index is -0.391. The molecule has 0 spiro atoms. The van der Waals surface area contributed by atoms with Crippen molar-refractivity contribution in [2.24, 2.45) is 0 Å². The molecule has 0 saturated heterocycles. The highest BCUT2D eigenvalue weighted by atomic mass is 35.5. The summed E-state index contributed by atoms with van der Waals surface area (Å²) in [7, 11) is 0. The number of aromatic nitrogens is 3. The summed E-state index contributed by atoms with van der Waals surface area (Å²) >= 11 is 6.06. The first kappa shape index (κ1) is 18.6. The number of nitrogens with one attached hydrogen (secondary N) is 1. The number of hydrogen-bond acceptors (Lipinski definition) is 6. The van der Waals surface area contributed by atoms with Crippen LogP contribution in [0.2, 0.25) is 5.02 Å². The molecule has 27 heavy (non-hydrogen) atoms. The molecule has 1 aromatic carbocycles. The number of nitriles is 1. The van der Waals surface area contributed by atoms with Gasteiger partial charge in [-0.05, 0) is 25.1 Å². The van der Waals surface area contributed by atoms with Crippen LogP contribution in [0.3, 0.4) is 0 Å². The molecular formula is C18H16ClN5O3. The molecule has 0 bridgehead atoms. The van der Waals surface area contributed by atoms with Gasteiger partial charge in [-0.1, -0.05) is 22.8 Å². The Balaban J connectivity index is 1.64. The summed E-state index contributed by atoms with van der Waals surface area (Å²) in [4.78, 5) is 12.1. The first-order valence-corrected chi connectivity index (χ1v) is 8.48. The first-order valence-electron chi connectivity index (χ1n) is 8.11. The van der Waals surface area contributed by atoms with Gasteiger partial charge in [0.25, 0.3) is 5.91 Å². The monoisotopic (exact) mass is 385 g/mol. The zero-order valence-corrected chi connectivity index (χ0v) is 15.1. The molecule has 138 valence electrons. The average molecular weight is 386 g/mol. The van der Waals surface area contributed by atoms with Crippen LogP contribution in [0.15, 0.2) is 41.1 Å². The van der Waals surface area contributed by atoms with Crippen molar-refractivity contribution >= 4 is 17.5 Å². The second-order valence-corrected chi connectivity index (χ2v) is 6.35. The second-order valence-electron chi connectivity index (χ2n) is 5.94. The minimum Gasteiger partial charge on any atom is -0.388 e. The number of hydrogen-bond donors (Lipinski definition) is 2. The van der Waals surface area contributed by atoms with Crippen molar-refractivity contribution in [2.75, 3.05) is 0 Å². The Bertz CT molecular complexity index is 1000. The molecule has 0 saturated carbocycles. The van der Waals surface area contributed by atoms with Gasteiger partial charge in [0, 0.05) is 23.9 Å². The van der Waals surface area contributed by atoms with Crippen LogP contribution in [0.1, 0.15) is 28.7 Å². The number of benzene rings is 1. The number of halogens is 1. The van der Waals surface area contributed by atoms with E-state index in [4.69, 9.17) is 26.5 Å². The summed E-state index contributed by atoms with van der Waals surface area (Å²) in [5.74, 6) is -0.164. The Morgan fingerprint density at radius 2 is 2.26 bits per heavy atom. The van der Waals surface area contributed by atoms with Crippen LogP contribution in [-0.2, 0) is 13.2 Å². The molecule has 8 nitrogen and oxygen atoms in total. The van der Waals surface area contributed by atoms with Crippen molar-refractivity contribution in [2.45, 2.75) is 26.1 Å². The van der Waals surface area contributed by atoms with E-state index in [0.29, 0.717) is 22.8 Å². The molecule has 2 heterocycles. The number of rotatable bonds is 6. The van der Waals surface area contributed by atoms with Gasteiger partial charge in [0.05, 0.1) is 22.8 Å². The van der Waals surface area contributed by atoms with Gasteiger partial charge in [0.2, 0.25) is 0 Å². The van der Waals surface area contributed by atoms with Crippen molar-refractivity contribution in [1.82, 2.24) is 20.3 Å². The van der Waals surface area contributed by atoms with Crippen molar-refractivity contribution in [1.29, 1.82) is 5.26 Å². The van der Waals surface area contributed by atoms with Crippen molar-refractivity contribution in [3.8, 4) is 17.3 Å². The average Bonchev–Trinajstić information content (AvgIpc) is 3.30. The van der Waals surface area contributed by atoms with Gasteiger partial charge in [-0.25, -0.2) is 0 Å². The molecule has 0 fully saturated rings. The maximum absolute atomic E-state index is 12.1. The van der Waals surface area contributed by atoms with Crippen LogP contribution in [0.5, 0.6) is 0 Å². The molecule has 2 aromatic heterocycles. The van der Waals surface area contributed by atoms with Gasteiger partial charge < -0.3 is 14.9 Å². The Hall–Kier alpha value is -3.15. The SMILES string of the molecule is CC(Cn1ccc(-c2ccc(C#N)c(Cl)c2)n1)NC(=O)c1cc(CO)on1. The lowest BCUT2D eigenvalue weighted by Gasteiger charge is -2.12. The topological polar surface area (TPSA) is 117 Å². The molecule has 1 amide bonds. The van der Waals surface area contributed by atoms with Gasteiger partial charge in [0.1, 0.15) is 12.7 Å². The van der Waals surface area contributed by atoms with E-state index in [0.717, 1.165) is 5.56 Å². The highest BCUT2D eigenvalue weighted by molar-refractivity contribution is 6.32. The fraction of sp³-hybridized carbons (Fsp3) is 0.222. The van der Waals surface area contributed by atoms with Gasteiger partial charge in [-0.3, -0.25) is 9.48 Å². The molecule has 3 rings (SSSR count). The van der Waals surface area contributed by atoms with E-state index < -0.39 is 5.91 Å². The summed E-state index contributed by atoms with van der Waals surface area (Å²) < 4.78 is 6.51. The summed E-state index contributed by atoms with van der Waals surface area (Å²) in [5, 5.41) is 29.1. The molecule has 9 heteroatoms. The van der Waals surface area contributed by atoms with Crippen molar-refractivity contribution in [3.63, 3.8) is 0 Å². The summed E-state index contributed by atoms with van der Waals surface area (Å²) in [6, 6.07) is 10.2. The predicted octanol–water partition coefficient (Wildman–Crippen LogP) is 2.37. The van der Waals surface area contributed by atoms with Gasteiger partial charge in [0.15, 0.2) is 11.5 Å². The number of carbonyl (C=O) groups excluding carboxylic acids is 1. The van der Waals surface area contributed by atoms with Gasteiger partial charge in [-0.2, -0.15) is 10.4 Å². The maximum atomic E-state index is 12.1. The highest BCUT2D eigenvalue weighted by Crippen LogP contribution is 2.24. The van der Waals surface area contributed by atoms with Crippen LogP contribution in [-0.4, -0.2) is 32.0 Å². The van der Waals surface area contributed by atoms with Gasteiger partial charge >= 0.3 is 0 Å². The van der Waals surface area contributed by atoms with E-state index in [1.807, 2.05) is 19.1 Å². The lowest BCUT2D eigenvalue weighted by molar-refractivity contribution is 0.0926. The molecule has 1 unspecified atom stereocenters. The van der Waals surface area contributed by atoms with Crippen LogP contribution in [0.4, 0.5) is 0 Å². The van der Waals surface area contributed by atoms with Crippen LogP contribution in [0.25, 0.3) is 11.3 Å². The molecule has 1 atom stereocenters. The smallest absolute Gasteiger partial charge is 0.273 e. The molecule has 3 aromatic rings. The van der Waals surface area contributed by atoms with E-state index in [1.165, 1.54) is 6.07 Å². The lowest BCUT2D eigenvalue weighted by Crippen LogP contribution is -2.36. The van der Waals surface area contributed by atoms with E-state index in [1.54, 1.807) is 29.1 Å². The summed E-state index contributed by atoms with van der Waals surface area (Å²) in [6.45, 7) is 1.97. The maximum Gasteiger partial charge on any atom is 0.273 e. The normalized spacial score (nSPS) is 11.8. The quantitative estimate of drug-likeness (QED) is 0.672. The third-order valence-corrected chi connectivity index (χ3v) is 4.12. The zero-order chi connectivity index (χ0) is 19.4. The molecule has 2 N–H and O–H groups in total. The van der Waals surface area contributed by atoms with E-state index in [2.05, 4.69) is 15.6 Å². The number of nitrogens with zero attached hydrogens (tertiary/aromatic N) is 4. The molecular weight excluding hydrogens is 370 g/mol. The Morgan fingerprint density at radius 3 is 2.93 bits per heavy atom. The molecule has 0 aliphatic rings. The molecule has 0 aliphatic carbocycles.